The minimum atomic E-state index is 0. The average molecular weight is 199 g/mol. The summed E-state index contributed by atoms with van der Waals surface area (Å²) in [5.74, 6) is 0. The predicted octanol–water partition coefficient (Wildman–Crippen LogP) is 1.38. The van der Waals surface area contributed by atoms with E-state index in [1.807, 2.05) is 0 Å². The van der Waals surface area contributed by atoms with Crippen molar-refractivity contribution in [3.05, 3.63) is 35.4 Å². The minimum absolute atomic E-state index is 0. The number of nitrogens with zero attached hydrogens (tertiary/aromatic N) is 1. The number of hydrogen-bond donors (Lipinski definition) is 1. The maximum atomic E-state index is 5.59. The Labute approximate surface area is 85.1 Å². The van der Waals surface area contributed by atoms with Crippen molar-refractivity contribution in [3.63, 3.8) is 0 Å². The molecule has 0 amide bonds. The van der Waals surface area contributed by atoms with Gasteiger partial charge in [-0.2, -0.15) is 0 Å². The second-order valence-corrected chi connectivity index (χ2v) is 3.25. The van der Waals surface area contributed by atoms with E-state index < -0.39 is 0 Å². The first-order valence-corrected chi connectivity index (χ1v) is 4.39. The number of nitrogens with two attached hydrogens (primary N) is 1. The third-order valence-corrected chi connectivity index (χ3v) is 2.47. The molecule has 0 aromatic heterocycles. The van der Waals surface area contributed by atoms with E-state index in [4.69, 9.17) is 5.73 Å². The molecule has 3 heteroatoms. The minimum Gasteiger partial charge on any atom is -0.318 e. The van der Waals surface area contributed by atoms with Gasteiger partial charge in [0, 0.05) is 19.8 Å². The molecule has 72 valence electrons. The molecule has 0 bridgehead atoms. The van der Waals surface area contributed by atoms with E-state index in [0.717, 1.165) is 19.5 Å². The fourth-order valence-corrected chi connectivity index (χ4v) is 1.71. The second-order valence-electron chi connectivity index (χ2n) is 3.25. The van der Waals surface area contributed by atoms with E-state index in [1.165, 1.54) is 11.1 Å². The van der Waals surface area contributed by atoms with Crippen molar-refractivity contribution in [2.24, 2.45) is 5.73 Å². The van der Waals surface area contributed by atoms with Crippen LogP contribution >= 0.6 is 12.4 Å². The number of fused-ring (bicyclic) bond motifs is 1. The molecule has 2 nitrogen and oxygen atoms in total. The topological polar surface area (TPSA) is 29.3 Å². The van der Waals surface area contributed by atoms with Gasteiger partial charge in [-0.3, -0.25) is 4.90 Å². The molecule has 0 saturated carbocycles. The number of halogens is 1. The Morgan fingerprint density at radius 2 is 1.92 bits per heavy atom. The van der Waals surface area contributed by atoms with Crippen LogP contribution in [0, 0.1) is 0 Å². The van der Waals surface area contributed by atoms with Crippen LogP contribution in [0.1, 0.15) is 11.1 Å². The van der Waals surface area contributed by atoms with Gasteiger partial charge in [0.1, 0.15) is 0 Å². The monoisotopic (exact) mass is 198 g/mol. The highest BCUT2D eigenvalue weighted by Gasteiger charge is 2.13. The third-order valence-electron chi connectivity index (χ3n) is 2.47. The first kappa shape index (κ1) is 10.5. The molecular weight excluding hydrogens is 184 g/mol. The average Bonchev–Trinajstić information content (AvgIpc) is 2.17. The Morgan fingerprint density at radius 1 is 1.23 bits per heavy atom. The van der Waals surface area contributed by atoms with E-state index in [0.29, 0.717) is 6.67 Å². The lowest BCUT2D eigenvalue weighted by Gasteiger charge is -2.26. The Hall–Kier alpha value is -0.570. The molecule has 13 heavy (non-hydrogen) atoms. The fraction of sp³-hybridized carbons (Fsp3) is 0.400. The van der Waals surface area contributed by atoms with Crippen LogP contribution in [-0.4, -0.2) is 18.1 Å². The van der Waals surface area contributed by atoms with Crippen LogP contribution in [-0.2, 0) is 13.0 Å². The molecular formula is C10H15ClN2. The van der Waals surface area contributed by atoms with Crippen LogP contribution in [0.4, 0.5) is 0 Å². The van der Waals surface area contributed by atoms with E-state index >= 15 is 0 Å². The van der Waals surface area contributed by atoms with Crippen molar-refractivity contribution in [1.82, 2.24) is 4.90 Å². The van der Waals surface area contributed by atoms with Gasteiger partial charge in [0.2, 0.25) is 0 Å². The third kappa shape index (κ3) is 2.21. The number of rotatable bonds is 1. The second kappa shape index (κ2) is 4.61. The lowest BCUT2D eigenvalue weighted by molar-refractivity contribution is 0.262. The summed E-state index contributed by atoms with van der Waals surface area (Å²) in [6.45, 7) is 2.80. The van der Waals surface area contributed by atoms with Gasteiger partial charge in [-0.1, -0.05) is 24.3 Å². The van der Waals surface area contributed by atoms with Gasteiger partial charge < -0.3 is 5.73 Å². The van der Waals surface area contributed by atoms with Gasteiger partial charge in [0.25, 0.3) is 0 Å². The number of hydrogen-bond acceptors (Lipinski definition) is 2. The molecule has 1 aliphatic rings. The van der Waals surface area contributed by atoms with E-state index in [-0.39, 0.29) is 12.4 Å². The standard InChI is InChI=1S/C10H14N2.ClH/c11-8-12-6-5-9-3-1-2-4-10(9)7-12;/h1-4H,5-8,11H2;1H. The molecule has 1 aromatic carbocycles. The lowest BCUT2D eigenvalue weighted by Crippen LogP contribution is -2.34. The molecule has 0 fully saturated rings. The van der Waals surface area contributed by atoms with Gasteiger partial charge in [-0.25, -0.2) is 0 Å². The van der Waals surface area contributed by atoms with Crippen LogP contribution in [0.5, 0.6) is 0 Å². The van der Waals surface area contributed by atoms with Crippen molar-refractivity contribution in [2.75, 3.05) is 13.2 Å². The Balaban J connectivity index is 0.000000845. The van der Waals surface area contributed by atoms with E-state index in [9.17, 15) is 0 Å². The molecule has 2 rings (SSSR count). The summed E-state index contributed by atoms with van der Waals surface area (Å²) >= 11 is 0. The largest absolute Gasteiger partial charge is 0.318 e. The summed E-state index contributed by atoms with van der Waals surface area (Å²) in [5.41, 5.74) is 8.51. The Morgan fingerprint density at radius 3 is 2.62 bits per heavy atom. The molecule has 0 unspecified atom stereocenters. The lowest BCUT2D eigenvalue weighted by atomic mass is 10.0. The predicted molar refractivity (Wildman–Crippen MR) is 56.9 cm³/mol. The summed E-state index contributed by atoms with van der Waals surface area (Å²) in [7, 11) is 0. The SMILES string of the molecule is Cl.NCN1CCc2ccccc2C1. The maximum absolute atomic E-state index is 5.59. The van der Waals surface area contributed by atoms with Crippen LogP contribution < -0.4 is 5.73 Å². The highest BCUT2D eigenvalue weighted by Crippen LogP contribution is 2.16. The first-order chi connectivity index (χ1) is 5.90. The van der Waals surface area contributed by atoms with Crippen molar-refractivity contribution in [1.29, 1.82) is 0 Å². The van der Waals surface area contributed by atoms with Gasteiger partial charge >= 0.3 is 0 Å². The van der Waals surface area contributed by atoms with Gasteiger partial charge in [0.05, 0.1) is 0 Å². The Kier molecular flexibility index (Phi) is 3.72. The molecule has 0 aliphatic carbocycles. The van der Waals surface area contributed by atoms with Crippen molar-refractivity contribution in [2.45, 2.75) is 13.0 Å². The molecule has 1 aromatic rings. The summed E-state index contributed by atoms with van der Waals surface area (Å²) in [6, 6.07) is 8.61. The highest BCUT2D eigenvalue weighted by molar-refractivity contribution is 5.85. The van der Waals surface area contributed by atoms with Gasteiger partial charge in [-0.05, 0) is 17.5 Å². The van der Waals surface area contributed by atoms with Crippen LogP contribution in [0.2, 0.25) is 0 Å². The summed E-state index contributed by atoms with van der Waals surface area (Å²) < 4.78 is 0. The molecule has 2 N–H and O–H groups in total. The summed E-state index contributed by atoms with van der Waals surface area (Å²) in [5, 5.41) is 0. The zero-order valence-corrected chi connectivity index (χ0v) is 8.39. The smallest absolute Gasteiger partial charge is 0.0458 e. The summed E-state index contributed by atoms with van der Waals surface area (Å²) in [4.78, 5) is 2.27. The van der Waals surface area contributed by atoms with Gasteiger partial charge in [0.15, 0.2) is 0 Å². The number of benzene rings is 1. The Bertz CT molecular complexity index is 275. The fourth-order valence-electron chi connectivity index (χ4n) is 1.71. The van der Waals surface area contributed by atoms with Crippen molar-refractivity contribution >= 4 is 12.4 Å². The zero-order valence-electron chi connectivity index (χ0n) is 7.57. The normalized spacial score (nSPS) is 16.1. The van der Waals surface area contributed by atoms with Crippen molar-refractivity contribution in [3.8, 4) is 0 Å². The van der Waals surface area contributed by atoms with Gasteiger partial charge in [-0.15, -0.1) is 12.4 Å². The van der Waals surface area contributed by atoms with E-state index in [1.54, 1.807) is 0 Å². The van der Waals surface area contributed by atoms with Crippen LogP contribution in [0.3, 0.4) is 0 Å². The molecule has 0 saturated heterocycles. The summed E-state index contributed by atoms with van der Waals surface area (Å²) in [6.07, 6.45) is 1.15. The van der Waals surface area contributed by atoms with Crippen LogP contribution in [0.25, 0.3) is 0 Å². The van der Waals surface area contributed by atoms with Crippen molar-refractivity contribution < 1.29 is 0 Å². The zero-order chi connectivity index (χ0) is 8.39. The molecule has 0 atom stereocenters. The maximum Gasteiger partial charge on any atom is 0.0458 e. The molecule has 0 spiro atoms. The highest BCUT2D eigenvalue weighted by atomic mass is 35.5. The quantitative estimate of drug-likeness (QED) is 0.739. The van der Waals surface area contributed by atoms with E-state index in [2.05, 4.69) is 29.2 Å². The van der Waals surface area contributed by atoms with Crippen LogP contribution in [0.15, 0.2) is 24.3 Å². The first-order valence-electron chi connectivity index (χ1n) is 4.39. The molecule has 1 aliphatic heterocycles. The molecule has 1 heterocycles. The molecule has 0 radical (unpaired) electrons.